The van der Waals surface area contributed by atoms with Crippen molar-refractivity contribution in [2.75, 3.05) is 0 Å². The Balaban J connectivity index is 1.88. The van der Waals surface area contributed by atoms with E-state index < -0.39 is 0 Å². The van der Waals surface area contributed by atoms with E-state index in [1.165, 1.54) is 29.7 Å². The van der Waals surface area contributed by atoms with Crippen molar-refractivity contribution in [1.29, 1.82) is 0 Å². The Morgan fingerprint density at radius 1 is 0.966 bits per heavy atom. The minimum absolute atomic E-state index is 0.0783. The lowest BCUT2D eigenvalue weighted by molar-refractivity contribution is 0.388. The SMILES string of the molecule is CCC(CC)C(CC)c1ccc(-c2c(O)ccc3[nH]c(=O)c4sccc4c23)cc1. The molecule has 3 nitrogen and oxygen atoms in total. The maximum absolute atomic E-state index is 12.4. The minimum atomic E-state index is -0.0783. The quantitative estimate of drug-likeness (QED) is 0.361. The normalized spacial score (nSPS) is 12.8. The van der Waals surface area contributed by atoms with Crippen LogP contribution in [0.2, 0.25) is 0 Å². The molecule has 4 aromatic rings. The number of aromatic amines is 1. The molecule has 150 valence electrons. The van der Waals surface area contributed by atoms with Gasteiger partial charge in [-0.2, -0.15) is 0 Å². The smallest absolute Gasteiger partial charge is 0.266 e. The molecule has 0 aliphatic heterocycles. The summed E-state index contributed by atoms with van der Waals surface area (Å²) in [6.07, 6.45) is 3.50. The summed E-state index contributed by atoms with van der Waals surface area (Å²) in [4.78, 5) is 15.3. The fraction of sp³-hybridized carbons (Fsp3) is 0.320. The fourth-order valence-corrected chi connectivity index (χ4v) is 5.52. The van der Waals surface area contributed by atoms with Crippen LogP contribution in [-0.2, 0) is 0 Å². The van der Waals surface area contributed by atoms with Crippen LogP contribution < -0.4 is 5.56 Å². The van der Waals surface area contributed by atoms with E-state index in [4.69, 9.17) is 0 Å². The molecule has 0 aliphatic rings. The standard InChI is InChI=1S/C25H27NO2S/c1-4-15(5-2)18(6-3)16-7-9-17(10-8-16)22-21(27)12-11-20-23(22)19-13-14-29-24(19)25(28)26-20/h7-15,18,27H,4-6H2,1-3H3,(H,26,28). The number of pyridine rings is 1. The number of hydrogen-bond acceptors (Lipinski definition) is 3. The molecule has 2 aromatic carbocycles. The van der Waals surface area contributed by atoms with E-state index in [0.717, 1.165) is 33.8 Å². The maximum atomic E-state index is 12.4. The number of rotatable bonds is 6. The van der Waals surface area contributed by atoms with Crippen LogP contribution in [-0.4, -0.2) is 10.1 Å². The number of nitrogens with one attached hydrogen (secondary N) is 1. The zero-order chi connectivity index (χ0) is 20.5. The van der Waals surface area contributed by atoms with Crippen molar-refractivity contribution in [3.63, 3.8) is 0 Å². The van der Waals surface area contributed by atoms with Gasteiger partial charge in [-0.3, -0.25) is 4.79 Å². The summed E-state index contributed by atoms with van der Waals surface area (Å²) in [7, 11) is 0. The van der Waals surface area contributed by atoms with Gasteiger partial charge in [0.05, 0.1) is 0 Å². The minimum Gasteiger partial charge on any atom is -0.507 e. The van der Waals surface area contributed by atoms with Gasteiger partial charge in [-0.15, -0.1) is 11.3 Å². The van der Waals surface area contributed by atoms with E-state index in [9.17, 15) is 9.90 Å². The molecule has 2 heterocycles. The highest BCUT2D eigenvalue weighted by Gasteiger charge is 2.20. The molecule has 0 saturated carbocycles. The average Bonchev–Trinajstić information content (AvgIpc) is 3.23. The topological polar surface area (TPSA) is 53.1 Å². The molecular weight excluding hydrogens is 378 g/mol. The first-order chi connectivity index (χ1) is 14.1. The number of phenols is 1. The van der Waals surface area contributed by atoms with Gasteiger partial charge in [-0.25, -0.2) is 0 Å². The predicted octanol–water partition coefficient (Wildman–Crippen LogP) is 7.05. The molecule has 0 spiro atoms. The number of phenolic OH excluding ortho intramolecular Hbond substituents is 1. The maximum Gasteiger partial charge on any atom is 0.266 e. The molecule has 2 N–H and O–H groups in total. The summed E-state index contributed by atoms with van der Waals surface area (Å²) in [6.45, 7) is 6.80. The van der Waals surface area contributed by atoms with E-state index in [1.54, 1.807) is 12.1 Å². The van der Waals surface area contributed by atoms with Crippen LogP contribution in [0.5, 0.6) is 5.75 Å². The summed E-state index contributed by atoms with van der Waals surface area (Å²) in [5.41, 5.74) is 3.78. The van der Waals surface area contributed by atoms with Crippen LogP contribution in [0.4, 0.5) is 0 Å². The highest BCUT2D eigenvalue weighted by Crippen LogP contribution is 2.40. The van der Waals surface area contributed by atoms with Crippen molar-refractivity contribution in [3.05, 3.63) is 63.8 Å². The molecule has 2 aromatic heterocycles. The van der Waals surface area contributed by atoms with E-state index in [0.29, 0.717) is 16.5 Å². The monoisotopic (exact) mass is 405 g/mol. The van der Waals surface area contributed by atoms with Crippen molar-refractivity contribution in [2.45, 2.75) is 46.0 Å². The largest absolute Gasteiger partial charge is 0.507 e. The lowest BCUT2D eigenvalue weighted by atomic mass is 9.80. The second-order valence-corrected chi connectivity index (χ2v) is 8.63. The number of aromatic hydroxyl groups is 1. The zero-order valence-corrected chi connectivity index (χ0v) is 18.0. The molecule has 1 atom stereocenters. The van der Waals surface area contributed by atoms with E-state index in [1.807, 2.05) is 11.4 Å². The molecule has 0 amide bonds. The lowest BCUT2D eigenvalue weighted by Gasteiger charge is -2.25. The number of fused-ring (bicyclic) bond motifs is 3. The summed E-state index contributed by atoms with van der Waals surface area (Å²) in [5, 5.41) is 14.5. The number of H-pyrrole nitrogens is 1. The van der Waals surface area contributed by atoms with Gasteiger partial charge in [0.25, 0.3) is 5.56 Å². The van der Waals surface area contributed by atoms with Crippen LogP contribution in [0.15, 0.2) is 52.6 Å². The first kappa shape index (κ1) is 19.7. The average molecular weight is 406 g/mol. The van der Waals surface area contributed by atoms with Gasteiger partial charge in [0.1, 0.15) is 10.4 Å². The Morgan fingerprint density at radius 3 is 2.34 bits per heavy atom. The molecule has 0 saturated heterocycles. The predicted molar refractivity (Wildman–Crippen MR) is 124 cm³/mol. The Labute approximate surface area is 175 Å². The molecule has 29 heavy (non-hydrogen) atoms. The van der Waals surface area contributed by atoms with Crippen molar-refractivity contribution in [1.82, 2.24) is 4.98 Å². The fourth-order valence-electron chi connectivity index (χ4n) is 4.72. The lowest BCUT2D eigenvalue weighted by Crippen LogP contribution is -2.10. The van der Waals surface area contributed by atoms with Gasteiger partial charge in [-0.05, 0) is 53.0 Å². The Bertz CT molecular complexity index is 1200. The van der Waals surface area contributed by atoms with Gasteiger partial charge in [-0.1, -0.05) is 57.9 Å². The summed E-state index contributed by atoms with van der Waals surface area (Å²) < 4.78 is 0.695. The molecule has 0 aliphatic carbocycles. The first-order valence-corrected chi connectivity index (χ1v) is 11.3. The van der Waals surface area contributed by atoms with Gasteiger partial charge in [0, 0.05) is 21.9 Å². The van der Waals surface area contributed by atoms with Crippen molar-refractivity contribution < 1.29 is 5.11 Å². The second-order valence-electron chi connectivity index (χ2n) is 7.71. The molecular formula is C25H27NO2S. The third-order valence-electron chi connectivity index (χ3n) is 6.26. The van der Waals surface area contributed by atoms with E-state index in [-0.39, 0.29) is 11.3 Å². The Hall–Kier alpha value is -2.59. The van der Waals surface area contributed by atoms with Crippen molar-refractivity contribution in [3.8, 4) is 16.9 Å². The molecule has 4 heteroatoms. The van der Waals surface area contributed by atoms with Crippen LogP contribution in [0, 0.1) is 5.92 Å². The van der Waals surface area contributed by atoms with Crippen LogP contribution in [0.3, 0.4) is 0 Å². The van der Waals surface area contributed by atoms with Crippen molar-refractivity contribution in [2.24, 2.45) is 5.92 Å². The van der Waals surface area contributed by atoms with Gasteiger partial charge >= 0.3 is 0 Å². The molecule has 0 fully saturated rings. The van der Waals surface area contributed by atoms with Crippen LogP contribution in [0.1, 0.15) is 51.5 Å². The van der Waals surface area contributed by atoms with Crippen molar-refractivity contribution >= 4 is 32.3 Å². The first-order valence-electron chi connectivity index (χ1n) is 10.4. The Kier molecular flexibility index (Phi) is 5.46. The summed E-state index contributed by atoms with van der Waals surface area (Å²) in [6, 6.07) is 14.0. The third kappa shape index (κ3) is 3.36. The summed E-state index contributed by atoms with van der Waals surface area (Å²) in [5.74, 6) is 1.48. The van der Waals surface area contributed by atoms with Gasteiger partial charge in [0.15, 0.2) is 0 Å². The molecule has 0 radical (unpaired) electrons. The van der Waals surface area contributed by atoms with Crippen LogP contribution >= 0.6 is 11.3 Å². The highest BCUT2D eigenvalue weighted by atomic mass is 32.1. The number of hydrogen-bond donors (Lipinski definition) is 2. The van der Waals surface area contributed by atoms with Gasteiger partial charge in [0.2, 0.25) is 0 Å². The van der Waals surface area contributed by atoms with E-state index in [2.05, 4.69) is 50.0 Å². The highest BCUT2D eigenvalue weighted by molar-refractivity contribution is 7.17. The second kappa shape index (κ2) is 8.03. The number of thiophene rings is 1. The van der Waals surface area contributed by atoms with Gasteiger partial charge < -0.3 is 10.1 Å². The third-order valence-corrected chi connectivity index (χ3v) is 7.17. The molecule has 4 rings (SSSR count). The van der Waals surface area contributed by atoms with Crippen LogP contribution in [0.25, 0.3) is 32.1 Å². The molecule has 1 unspecified atom stereocenters. The Morgan fingerprint density at radius 2 is 1.69 bits per heavy atom. The molecule has 0 bridgehead atoms. The number of aromatic nitrogens is 1. The van der Waals surface area contributed by atoms with E-state index >= 15 is 0 Å². The zero-order valence-electron chi connectivity index (χ0n) is 17.2. The summed E-state index contributed by atoms with van der Waals surface area (Å²) >= 11 is 1.43. The number of benzene rings is 2.